The number of nitrogens with zero attached hydrogens (tertiary/aromatic N) is 1. The monoisotopic (exact) mass is 321 g/mol. The van der Waals surface area contributed by atoms with E-state index in [0.29, 0.717) is 17.5 Å². The SMILES string of the molecule is Cc1cccc(C)c1C[C@@H](NC(=O)c1ccc(C#N)cc1)C(N)=O. The first-order chi connectivity index (χ1) is 11.4. The molecule has 5 nitrogen and oxygen atoms in total. The van der Waals surface area contributed by atoms with Gasteiger partial charge in [-0.2, -0.15) is 5.26 Å². The summed E-state index contributed by atoms with van der Waals surface area (Å²) in [4.78, 5) is 24.1. The first-order valence-electron chi connectivity index (χ1n) is 7.58. The van der Waals surface area contributed by atoms with E-state index in [1.807, 2.05) is 38.1 Å². The van der Waals surface area contributed by atoms with E-state index in [2.05, 4.69) is 5.32 Å². The maximum absolute atomic E-state index is 12.3. The molecular formula is C19H19N3O2. The Morgan fingerprint density at radius 2 is 1.71 bits per heavy atom. The predicted octanol–water partition coefficient (Wildman–Crippen LogP) is 2.00. The summed E-state index contributed by atoms with van der Waals surface area (Å²) in [6.45, 7) is 3.92. The average molecular weight is 321 g/mol. The fourth-order valence-electron chi connectivity index (χ4n) is 2.54. The van der Waals surface area contributed by atoms with E-state index in [-0.39, 0.29) is 0 Å². The highest BCUT2D eigenvalue weighted by Gasteiger charge is 2.21. The van der Waals surface area contributed by atoms with Gasteiger partial charge < -0.3 is 11.1 Å². The molecule has 5 heteroatoms. The summed E-state index contributed by atoms with van der Waals surface area (Å²) in [5.41, 5.74) is 9.40. The molecule has 2 aromatic carbocycles. The summed E-state index contributed by atoms with van der Waals surface area (Å²) in [7, 11) is 0. The summed E-state index contributed by atoms with van der Waals surface area (Å²) < 4.78 is 0. The molecule has 0 radical (unpaired) electrons. The Balaban J connectivity index is 2.18. The minimum atomic E-state index is -0.798. The van der Waals surface area contributed by atoms with E-state index < -0.39 is 17.9 Å². The minimum absolute atomic E-state index is 0.343. The summed E-state index contributed by atoms with van der Waals surface area (Å²) in [5.74, 6) is -0.978. The first kappa shape index (κ1) is 17.2. The Labute approximate surface area is 141 Å². The van der Waals surface area contributed by atoms with Gasteiger partial charge in [-0.3, -0.25) is 9.59 Å². The third-order valence-electron chi connectivity index (χ3n) is 3.98. The highest BCUT2D eigenvalue weighted by Crippen LogP contribution is 2.16. The molecule has 0 aromatic heterocycles. The minimum Gasteiger partial charge on any atom is -0.368 e. The topological polar surface area (TPSA) is 96.0 Å². The number of carbonyl (C=O) groups excluding carboxylic acids is 2. The highest BCUT2D eigenvalue weighted by atomic mass is 16.2. The van der Waals surface area contributed by atoms with E-state index in [9.17, 15) is 9.59 Å². The van der Waals surface area contributed by atoms with E-state index >= 15 is 0 Å². The molecule has 0 unspecified atom stereocenters. The van der Waals surface area contributed by atoms with Crippen molar-refractivity contribution in [2.75, 3.05) is 0 Å². The number of amides is 2. The number of nitrogens with two attached hydrogens (primary N) is 1. The molecule has 0 aliphatic heterocycles. The van der Waals surface area contributed by atoms with Gasteiger partial charge in [0.25, 0.3) is 5.91 Å². The summed E-state index contributed by atoms with van der Waals surface area (Å²) in [5, 5.41) is 11.5. The van der Waals surface area contributed by atoms with Gasteiger partial charge in [0.05, 0.1) is 11.6 Å². The Bertz CT molecular complexity index is 784. The number of rotatable bonds is 5. The van der Waals surface area contributed by atoms with Gasteiger partial charge in [-0.25, -0.2) is 0 Å². The fourth-order valence-corrected chi connectivity index (χ4v) is 2.54. The summed E-state index contributed by atoms with van der Waals surface area (Å²) in [6.07, 6.45) is 0.343. The third-order valence-corrected chi connectivity index (χ3v) is 3.98. The number of hydrogen-bond donors (Lipinski definition) is 2. The van der Waals surface area contributed by atoms with Crippen LogP contribution in [0.25, 0.3) is 0 Å². The number of nitriles is 1. The normalized spacial score (nSPS) is 11.4. The average Bonchev–Trinajstić information content (AvgIpc) is 2.57. The molecule has 2 amide bonds. The van der Waals surface area contributed by atoms with Gasteiger partial charge in [0.15, 0.2) is 0 Å². The van der Waals surface area contributed by atoms with Crippen molar-refractivity contribution >= 4 is 11.8 Å². The van der Waals surface area contributed by atoms with Crippen LogP contribution in [0, 0.1) is 25.2 Å². The summed E-state index contributed by atoms with van der Waals surface area (Å²) in [6, 6.07) is 13.3. The van der Waals surface area contributed by atoms with Gasteiger partial charge in [-0.1, -0.05) is 18.2 Å². The second-order valence-electron chi connectivity index (χ2n) is 5.69. The Morgan fingerprint density at radius 1 is 1.12 bits per heavy atom. The lowest BCUT2D eigenvalue weighted by molar-refractivity contribution is -0.119. The Kier molecular flexibility index (Phi) is 5.33. The first-order valence-corrected chi connectivity index (χ1v) is 7.58. The molecule has 122 valence electrons. The molecule has 0 aliphatic carbocycles. The maximum Gasteiger partial charge on any atom is 0.251 e. The lowest BCUT2D eigenvalue weighted by Crippen LogP contribution is -2.46. The second-order valence-corrected chi connectivity index (χ2v) is 5.69. The molecular weight excluding hydrogens is 302 g/mol. The molecule has 0 saturated heterocycles. The number of aryl methyl sites for hydroxylation is 2. The molecule has 0 saturated carbocycles. The zero-order valence-electron chi connectivity index (χ0n) is 13.7. The lowest BCUT2D eigenvalue weighted by atomic mass is 9.96. The molecule has 0 spiro atoms. The van der Waals surface area contributed by atoms with E-state index in [4.69, 9.17) is 11.0 Å². The molecule has 0 fully saturated rings. The standard InChI is InChI=1S/C19H19N3O2/c1-12-4-3-5-13(2)16(12)10-17(18(21)23)22-19(24)15-8-6-14(11-20)7-9-15/h3-9,17H,10H2,1-2H3,(H2,21,23)(H,22,24)/t17-/m1/s1. The summed E-state index contributed by atoms with van der Waals surface area (Å²) >= 11 is 0. The number of hydrogen-bond acceptors (Lipinski definition) is 3. The van der Waals surface area contributed by atoms with Crippen LogP contribution >= 0.6 is 0 Å². The van der Waals surface area contributed by atoms with Gasteiger partial charge in [-0.05, 0) is 54.8 Å². The van der Waals surface area contributed by atoms with Crippen molar-refractivity contribution in [1.82, 2.24) is 5.32 Å². The molecule has 2 rings (SSSR count). The molecule has 1 atom stereocenters. The molecule has 2 aromatic rings. The van der Waals surface area contributed by atoms with E-state index in [1.54, 1.807) is 24.3 Å². The van der Waals surface area contributed by atoms with Crippen molar-refractivity contribution in [3.8, 4) is 6.07 Å². The largest absolute Gasteiger partial charge is 0.368 e. The zero-order valence-corrected chi connectivity index (χ0v) is 13.7. The van der Waals surface area contributed by atoms with Crippen LogP contribution in [-0.4, -0.2) is 17.9 Å². The van der Waals surface area contributed by atoms with Crippen LogP contribution in [-0.2, 0) is 11.2 Å². The van der Waals surface area contributed by atoms with Crippen LogP contribution in [0.5, 0.6) is 0 Å². The maximum atomic E-state index is 12.3. The quantitative estimate of drug-likeness (QED) is 0.881. The van der Waals surface area contributed by atoms with E-state index in [0.717, 1.165) is 16.7 Å². The van der Waals surface area contributed by atoms with Gasteiger partial charge >= 0.3 is 0 Å². The van der Waals surface area contributed by atoms with E-state index in [1.165, 1.54) is 0 Å². The van der Waals surface area contributed by atoms with Gasteiger partial charge in [0.2, 0.25) is 5.91 Å². The van der Waals surface area contributed by atoms with Crippen molar-refractivity contribution in [2.24, 2.45) is 5.73 Å². The van der Waals surface area contributed by atoms with Crippen molar-refractivity contribution in [2.45, 2.75) is 26.3 Å². The molecule has 0 bridgehead atoms. The fraction of sp³-hybridized carbons (Fsp3) is 0.211. The lowest BCUT2D eigenvalue weighted by Gasteiger charge is -2.18. The highest BCUT2D eigenvalue weighted by molar-refractivity contribution is 5.97. The molecule has 0 heterocycles. The molecule has 0 aliphatic rings. The molecule has 24 heavy (non-hydrogen) atoms. The number of carbonyl (C=O) groups is 2. The van der Waals surface area contributed by atoms with Crippen molar-refractivity contribution in [3.05, 3.63) is 70.3 Å². The Hall–Kier alpha value is -3.13. The number of benzene rings is 2. The van der Waals surface area contributed by atoms with Crippen LogP contribution in [0.2, 0.25) is 0 Å². The smallest absolute Gasteiger partial charge is 0.251 e. The third kappa shape index (κ3) is 3.99. The number of primary amides is 1. The van der Waals surface area contributed by atoms with Crippen molar-refractivity contribution in [1.29, 1.82) is 5.26 Å². The molecule has 3 N–H and O–H groups in total. The van der Waals surface area contributed by atoms with Crippen molar-refractivity contribution in [3.63, 3.8) is 0 Å². The predicted molar refractivity (Wildman–Crippen MR) is 91.2 cm³/mol. The van der Waals surface area contributed by atoms with Crippen LogP contribution in [0.15, 0.2) is 42.5 Å². The Morgan fingerprint density at radius 3 is 2.21 bits per heavy atom. The van der Waals surface area contributed by atoms with Crippen LogP contribution < -0.4 is 11.1 Å². The van der Waals surface area contributed by atoms with Crippen LogP contribution in [0.1, 0.15) is 32.6 Å². The van der Waals surface area contributed by atoms with Crippen LogP contribution in [0.4, 0.5) is 0 Å². The van der Waals surface area contributed by atoms with Gasteiger partial charge in [0, 0.05) is 12.0 Å². The second kappa shape index (κ2) is 7.42. The van der Waals surface area contributed by atoms with Crippen molar-refractivity contribution < 1.29 is 9.59 Å². The van der Waals surface area contributed by atoms with Gasteiger partial charge in [-0.15, -0.1) is 0 Å². The zero-order chi connectivity index (χ0) is 17.7. The number of nitrogens with one attached hydrogen (secondary N) is 1. The van der Waals surface area contributed by atoms with Gasteiger partial charge in [0.1, 0.15) is 6.04 Å². The van der Waals surface area contributed by atoms with Crippen LogP contribution in [0.3, 0.4) is 0 Å².